The van der Waals surface area contributed by atoms with Gasteiger partial charge in [-0.2, -0.15) is 13.2 Å². The lowest BCUT2D eigenvalue weighted by atomic mass is 9.98. The Morgan fingerprint density at radius 2 is 1.77 bits per heavy atom. The molecular weight excluding hydrogens is 407 g/mol. The Hall–Kier alpha value is -3.08. The Labute approximate surface area is 170 Å². The number of hydrogen-bond donors (Lipinski definition) is 5. The van der Waals surface area contributed by atoms with E-state index < -0.39 is 36.1 Å². The number of nitrogens with one attached hydrogen (secondary N) is 2. The van der Waals surface area contributed by atoms with Crippen LogP contribution < -0.4 is 11.1 Å². The van der Waals surface area contributed by atoms with Crippen molar-refractivity contribution in [3.8, 4) is 0 Å². The molecule has 0 unspecified atom stereocenters. The van der Waals surface area contributed by atoms with E-state index in [0.29, 0.717) is 12.8 Å². The highest BCUT2D eigenvalue weighted by atomic mass is 19.4. The highest BCUT2D eigenvalue weighted by Crippen LogP contribution is 2.19. The zero-order chi connectivity index (χ0) is 23.1. The van der Waals surface area contributed by atoms with E-state index >= 15 is 0 Å². The van der Waals surface area contributed by atoms with Gasteiger partial charge in [0.25, 0.3) is 0 Å². The van der Waals surface area contributed by atoms with Gasteiger partial charge in [-0.15, -0.1) is 0 Å². The Morgan fingerprint density at radius 1 is 1.20 bits per heavy atom. The van der Waals surface area contributed by atoms with Gasteiger partial charge >= 0.3 is 18.1 Å². The van der Waals surface area contributed by atoms with Gasteiger partial charge in [-0.25, -0.2) is 9.59 Å². The molecule has 1 heterocycles. The minimum Gasteiger partial charge on any atom is -0.480 e. The van der Waals surface area contributed by atoms with E-state index in [0.717, 1.165) is 16.5 Å². The van der Waals surface area contributed by atoms with Gasteiger partial charge in [0.05, 0.1) is 6.04 Å². The molecule has 0 spiro atoms. The van der Waals surface area contributed by atoms with Crippen LogP contribution in [0.4, 0.5) is 13.2 Å². The minimum atomic E-state index is -5.08. The number of halogens is 3. The molecule has 2 aromatic rings. The van der Waals surface area contributed by atoms with Crippen LogP contribution >= 0.6 is 0 Å². The van der Waals surface area contributed by atoms with Crippen LogP contribution in [0.2, 0.25) is 0 Å². The predicted octanol–water partition coefficient (Wildman–Crippen LogP) is 2.29. The minimum absolute atomic E-state index is 0.156. The zero-order valence-electron chi connectivity index (χ0n) is 16.4. The van der Waals surface area contributed by atoms with Crippen LogP contribution in [0.15, 0.2) is 30.5 Å². The molecule has 0 saturated carbocycles. The average Bonchev–Trinajstić information content (AvgIpc) is 3.07. The van der Waals surface area contributed by atoms with E-state index in [9.17, 15) is 27.9 Å². The average molecular weight is 431 g/mol. The lowest BCUT2D eigenvalue weighted by Crippen LogP contribution is -2.51. The van der Waals surface area contributed by atoms with Gasteiger partial charge in [0.15, 0.2) is 0 Å². The van der Waals surface area contributed by atoms with Crippen molar-refractivity contribution in [2.24, 2.45) is 11.7 Å². The summed E-state index contributed by atoms with van der Waals surface area (Å²) < 4.78 is 31.7. The summed E-state index contributed by atoms with van der Waals surface area (Å²) in [5, 5.41) is 19.9. The van der Waals surface area contributed by atoms with Gasteiger partial charge in [0.1, 0.15) is 6.04 Å². The molecule has 0 radical (unpaired) electrons. The summed E-state index contributed by atoms with van der Waals surface area (Å²) in [5.74, 6) is -4.39. The monoisotopic (exact) mass is 431 g/mol. The molecule has 0 bridgehead atoms. The highest BCUT2D eigenvalue weighted by molar-refractivity contribution is 5.88. The quantitative estimate of drug-likeness (QED) is 0.455. The molecule has 1 aromatic heterocycles. The van der Waals surface area contributed by atoms with E-state index in [1.54, 1.807) is 6.92 Å². The van der Waals surface area contributed by atoms with Crippen molar-refractivity contribution in [1.82, 2.24) is 10.3 Å². The van der Waals surface area contributed by atoms with Gasteiger partial charge in [-0.05, 0) is 24.0 Å². The SMILES string of the molecule is CC[C@H](C)[C@H](NC(=O)[C@@H](N)Cc1c[nH]c2ccccc12)C(=O)O.O=C(O)C(F)(F)F. The van der Waals surface area contributed by atoms with Crippen molar-refractivity contribution >= 4 is 28.7 Å². The molecule has 166 valence electrons. The number of H-pyrrole nitrogens is 1. The fourth-order valence-corrected chi connectivity index (χ4v) is 2.57. The number of alkyl halides is 3. The maximum Gasteiger partial charge on any atom is 0.490 e. The number of rotatable bonds is 7. The van der Waals surface area contributed by atoms with Crippen molar-refractivity contribution in [3.05, 3.63) is 36.0 Å². The number of nitrogens with two attached hydrogens (primary N) is 1. The molecule has 0 aliphatic rings. The number of para-hydroxylation sites is 1. The van der Waals surface area contributed by atoms with Crippen LogP contribution in [-0.2, 0) is 20.8 Å². The van der Waals surface area contributed by atoms with Crippen LogP contribution in [0.5, 0.6) is 0 Å². The van der Waals surface area contributed by atoms with Crippen LogP contribution in [0, 0.1) is 5.92 Å². The summed E-state index contributed by atoms with van der Waals surface area (Å²) in [6.07, 6.45) is -2.24. The highest BCUT2D eigenvalue weighted by Gasteiger charge is 2.38. The Kier molecular flexibility index (Phi) is 8.84. The number of amides is 1. The third-order valence-corrected chi connectivity index (χ3v) is 4.47. The standard InChI is InChI=1S/C17H23N3O3.C2HF3O2/c1-3-10(2)15(17(22)23)20-16(21)13(18)8-11-9-19-14-7-5-4-6-12(11)14;3-2(4,5)1(6)7/h4-7,9-10,13,15,19H,3,8,18H2,1-2H3,(H,20,21)(H,22,23);(H,6,7)/t10-,13-,15-;/m0./s1. The first kappa shape index (κ1) is 25.0. The molecular formula is C19H24F3N3O5. The molecule has 8 nitrogen and oxygen atoms in total. The Balaban J connectivity index is 0.000000553. The maximum atomic E-state index is 12.2. The molecule has 1 aromatic carbocycles. The maximum absolute atomic E-state index is 12.2. The number of fused-ring (bicyclic) bond motifs is 1. The normalized spacial score (nSPS) is 14.2. The number of hydrogen-bond acceptors (Lipinski definition) is 4. The predicted molar refractivity (Wildman–Crippen MR) is 103 cm³/mol. The summed E-state index contributed by atoms with van der Waals surface area (Å²) in [6.45, 7) is 3.68. The number of carbonyl (C=O) groups excluding carboxylic acids is 1. The molecule has 11 heteroatoms. The molecule has 3 atom stereocenters. The lowest BCUT2D eigenvalue weighted by Gasteiger charge is -2.22. The van der Waals surface area contributed by atoms with Gasteiger partial charge in [0.2, 0.25) is 5.91 Å². The van der Waals surface area contributed by atoms with Crippen molar-refractivity contribution in [2.75, 3.05) is 0 Å². The number of benzene rings is 1. The number of aliphatic carboxylic acids is 2. The summed E-state index contributed by atoms with van der Waals surface area (Å²) in [5.41, 5.74) is 7.90. The van der Waals surface area contributed by atoms with Crippen LogP contribution in [-0.4, -0.2) is 51.3 Å². The number of carbonyl (C=O) groups is 3. The first-order valence-corrected chi connectivity index (χ1v) is 9.02. The van der Waals surface area contributed by atoms with E-state index in [-0.39, 0.29) is 5.92 Å². The molecule has 6 N–H and O–H groups in total. The van der Waals surface area contributed by atoms with Gasteiger partial charge in [-0.3, -0.25) is 4.79 Å². The first-order chi connectivity index (χ1) is 13.9. The van der Waals surface area contributed by atoms with E-state index in [4.69, 9.17) is 15.6 Å². The molecule has 0 saturated heterocycles. The summed E-state index contributed by atoms with van der Waals surface area (Å²) >= 11 is 0. The summed E-state index contributed by atoms with van der Waals surface area (Å²) in [4.78, 5) is 35.6. The van der Waals surface area contributed by atoms with E-state index in [2.05, 4.69) is 10.3 Å². The van der Waals surface area contributed by atoms with Gasteiger partial charge in [0, 0.05) is 17.1 Å². The van der Waals surface area contributed by atoms with Crippen LogP contribution in [0.3, 0.4) is 0 Å². The van der Waals surface area contributed by atoms with Crippen molar-refractivity contribution in [1.29, 1.82) is 0 Å². The van der Waals surface area contributed by atoms with Crippen molar-refractivity contribution in [2.45, 2.75) is 44.9 Å². The fourth-order valence-electron chi connectivity index (χ4n) is 2.57. The fraction of sp³-hybridized carbons (Fsp3) is 0.421. The number of aromatic nitrogens is 1. The Morgan fingerprint density at radius 3 is 2.27 bits per heavy atom. The topological polar surface area (TPSA) is 146 Å². The molecule has 0 fully saturated rings. The third-order valence-electron chi connectivity index (χ3n) is 4.47. The first-order valence-electron chi connectivity index (χ1n) is 9.02. The molecule has 30 heavy (non-hydrogen) atoms. The van der Waals surface area contributed by atoms with Crippen molar-refractivity contribution < 1.29 is 37.8 Å². The Bertz CT molecular complexity index is 882. The van der Waals surface area contributed by atoms with E-state index in [1.807, 2.05) is 37.4 Å². The second-order valence-electron chi connectivity index (χ2n) is 6.68. The second kappa shape index (κ2) is 10.6. The van der Waals surface area contributed by atoms with Gasteiger partial charge in [-0.1, -0.05) is 38.5 Å². The summed E-state index contributed by atoms with van der Waals surface area (Å²) in [7, 11) is 0. The van der Waals surface area contributed by atoms with Crippen molar-refractivity contribution in [3.63, 3.8) is 0 Å². The molecule has 0 aliphatic carbocycles. The van der Waals surface area contributed by atoms with Crippen LogP contribution in [0.25, 0.3) is 10.9 Å². The lowest BCUT2D eigenvalue weighted by molar-refractivity contribution is -0.192. The third kappa shape index (κ3) is 7.07. The van der Waals surface area contributed by atoms with E-state index in [1.165, 1.54) is 0 Å². The molecule has 0 aliphatic heterocycles. The number of carboxylic acids is 2. The van der Waals surface area contributed by atoms with Crippen LogP contribution in [0.1, 0.15) is 25.8 Å². The smallest absolute Gasteiger partial charge is 0.480 e. The van der Waals surface area contributed by atoms with Gasteiger partial charge < -0.3 is 26.2 Å². The number of aromatic amines is 1. The molecule has 1 amide bonds. The second-order valence-corrected chi connectivity index (χ2v) is 6.68. The zero-order valence-corrected chi connectivity index (χ0v) is 16.4. The summed E-state index contributed by atoms with van der Waals surface area (Å²) in [6, 6.07) is 6.06. The largest absolute Gasteiger partial charge is 0.490 e. The number of carboxylic acid groups (broad SMARTS) is 2. The molecule has 2 rings (SSSR count).